The van der Waals surface area contributed by atoms with Crippen LogP contribution in [0.1, 0.15) is 30.6 Å². The molecule has 0 spiro atoms. The fourth-order valence-electron chi connectivity index (χ4n) is 3.22. The predicted octanol–water partition coefficient (Wildman–Crippen LogP) is 3.00. The molecule has 1 aliphatic heterocycles. The van der Waals surface area contributed by atoms with E-state index in [9.17, 15) is 5.11 Å². The van der Waals surface area contributed by atoms with Crippen molar-refractivity contribution in [3.8, 4) is 0 Å². The van der Waals surface area contributed by atoms with E-state index in [-0.39, 0.29) is 6.04 Å². The van der Waals surface area contributed by atoms with Gasteiger partial charge < -0.3 is 9.84 Å². The molecular weight excluding hydrogens is 336 g/mol. The Morgan fingerprint density at radius 2 is 1.96 bits per heavy atom. The third-order valence-electron chi connectivity index (χ3n) is 4.55. The average Bonchev–Trinajstić information content (AvgIpc) is 3.15. The van der Waals surface area contributed by atoms with Crippen molar-refractivity contribution in [2.24, 2.45) is 0 Å². The van der Waals surface area contributed by atoms with Gasteiger partial charge in [0.2, 0.25) is 5.16 Å². The van der Waals surface area contributed by atoms with Crippen molar-refractivity contribution in [3.63, 3.8) is 0 Å². The number of rotatable bonds is 5. The molecular formula is C18H20N4O2S. The number of aliphatic hydroxyl groups excluding tert-OH is 1. The van der Waals surface area contributed by atoms with Crippen molar-refractivity contribution < 1.29 is 9.84 Å². The molecule has 0 aliphatic carbocycles. The number of ether oxygens (including phenoxy) is 1. The summed E-state index contributed by atoms with van der Waals surface area (Å²) >= 11 is 1.49. The molecule has 1 saturated heterocycles. The minimum Gasteiger partial charge on any atom is -0.388 e. The van der Waals surface area contributed by atoms with Gasteiger partial charge in [0.1, 0.15) is 0 Å². The quantitative estimate of drug-likeness (QED) is 0.709. The number of hydrogen-bond donors (Lipinski definition) is 1. The molecule has 0 unspecified atom stereocenters. The number of nitrogens with zero attached hydrogens (tertiary/aromatic N) is 4. The van der Waals surface area contributed by atoms with E-state index in [1.54, 1.807) is 0 Å². The van der Waals surface area contributed by atoms with Crippen LogP contribution in [0.15, 0.2) is 47.6 Å². The van der Waals surface area contributed by atoms with Crippen LogP contribution in [0.4, 0.5) is 0 Å². The van der Waals surface area contributed by atoms with Crippen molar-refractivity contribution in [1.82, 2.24) is 20.2 Å². The highest BCUT2D eigenvalue weighted by molar-refractivity contribution is 7.99. The third kappa shape index (κ3) is 3.53. The number of aromatic nitrogens is 4. The number of fused-ring (bicyclic) bond motifs is 1. The lowest BCUT2D eigenvalue weighted by atomic mass is 10.0. The lowest BCUT2D eigenvalue weighted by Crippen LogP contribution is -2.21. The number of hydrogen-bond acceptors (Lipinski definition) is 6. The molecule has 130 valence electrons. The minimum absolute atomic E-state index is 0.279. The molecule has 2 heterocycles. The topological polar surface area (TPSA) is 73.1 Å². The van der Waals surface area contributed by atoms with Crippen LogP contribution in [0.3, 0.4) is 0 Å². The van der Waals surface area contributed by atoms with Crippen molar-refractivity contribution in [2.45, 2.75) is 30.1 Å². The molecule has 0 bridgehead atoms. The molecule has 7 heteroatoms. The predicted molar refractivity (Wildman–Crippen MR) is 96.5 cm³/mol. The highest BCUT2D eigenvalue weighted by atomic mass is 32.2. The van der Waals surface area contributed by atoms with Crippen molar-refractivity contribution in [2.75, 3.05) is 19.0 Å². The van der Waals surface area contributed by atoms with E-state index in [0.29, 0.717) is 5.75 Å². The van der Waals surface area contributed by atoms with E-state index >= 15 is 0 Å². The molecule has 1 atom stereocenters. The molecule has 1 aromatic heterocycles. The highest BCUT2D eigenvalue weighted by Gasteiger charge is 2.21. The van der Waals surface area contributed by atoms with Gasteiger partial charge in [-0.2, -0.15) is 0 Å². The Labute approximate surface area is 150 Å². The monoisotopic (exact) mass is 356 g/mol. The smallest absolute Gasteiger partial charge is 0.209 e. The van der Waals surface area contributed by atoms with Crippen molar-refractivity contribution in [1.29, 1.82) is 0 Å². The Hall–Kier alpha value is -1.96. The van der Waals surface area contributed by atoms with Crippen LogP contribution < -0.4 is 0 Å². The van der Waals surface area contributed by atoms with E-state index < -0.39 is 6.10 Å². The van der Waals surface area contributed by atoms with Crippen molar-refractivity contribution >= 4 is 22.5 Å². The van der Waals surface area contributed by atoms with E-state index in [1.165, 1.54) is 11.8 Å². The van der Waals surface area contributed by atoms with Gasteiger partial charge in [0, 0.05) is 19.0 Å². The fourth-order valence-corrected chi connectivity index (χ4v) is 4.12. The maximum Gasteiger partial charge on any atom is 0.209 e. The zero-order chi connectivity index (χ0) is 17.1. The number of benzene rings is 2. The van der Waals surface area contributed by atoms with Gasteiger partial charge in [0.05, 0.1) is 12.1 Å². The van der Waals surface area contributed by atoms with Crippen LogP contribution in [0.2, 0.25) is 0 Å². The summed E-state index contributed by atoms with van der Waals surface area (Å²) in [5, 5.41) is 25.8. The Balaban J connectivity index is 1.49. The minimum atomic E-state index is -0.573. The van der Waals surface area contributed by atoms with E-state index in [0.717, 1.165) is 47.5 Å². The Bertz CT molecular complexity index is 842. The second kappa shape index (κ2) is 7.51. The van der Waals surface area contributed by atoms with Crippen LogP contribution in [0.25, 0.3) is 10.8 Å². The number of tetrazole rings is 1. The molecule has 0 radical (unpaired) electrons. The summed E-state index contributed by atoms with van der Waals surface area (Å²) in [6.07, 6.45) is 1.27. The first-order chi connectivity index (χ1) is 12.3. The third-order valence-corrected chi connectivity index (χ3v) is 5.56. The molecule has 0 saturated carbocycles. The fraction of sp³-hybridized carbons (Fsp3) is 0.389. The van der Waals surface area contributed by atoms with E-state index in [2.05, 4.69) is 27.7 Å². The van der Waals surface area contributed by atoms with E-state index in [4.69, 9.17) is 4.74 Å². The Morgan fingerprint density at radius 1 is 1.16 bits per heavy atom. The van der Waals surface area contributed by atoms with Gasteiger partial charge in [-0.1, -0.05) is 54.2 Å². The first-order valence-electron chi connectivity index (χ1n) is 8.47. The Kier molecular flexibility index (Phi) is 4.96. The van der Waals surface area contributed by atoms with Gasteiger partial charge in [0.25, 0.3) is 0 Å². The van der Waals surface area contributed by atoms with E-state index in [1.807, 2.05) is 35.0 Å². The van der Waals surface area contributed by atoms with Crippen molar-refractivity contribution in [3.05, 3.63) is 48.0 Å². The average molecular weight is 356 g/mol. The van der Waals surface area contributed by atoms with Crippen LogP contribution in [0, 0.1) is 0 Å². The summed E-state index contributed by atoms with van der Waals surface area (Å²) in [6.45, 7) is 1.49. The zero-order valence-corrected chi connectivity index (χ0v) is 14.6. The zero-order valence-electron chi connectivity index (χ0n) is 13.8. The van der Waals surface area contributed by atoms with Gasteiger partial charge in [-0.05, 0) is 39.6 Å². The van der Waals surface area contributed by atoms with Gasteiger partial charge in [-0.25, -0.2) is 4.68 Å². The summed E-state index contributed by atoms with van der Waals surface area (Å²) in [5.74, 6) is 0.512. The largest absolute Gasteiger partial charge is 0.388 e. The summed E-state index contributed by atoms with van der Waals surface area (Å²) < 4.78 is 7.28. The second-order valence-electron chi connectivity index (χ2n) is 6.14. The molecule has 6 nitrogen and oxygen atoms in total. The number of aliphatic hydroxyl groups is 1. The van der Waals surface area contributed by atoms with Crippen LogP contribution in [-0.2, 0) is 4.74 Å². The molecule has 3 aromatic rings. The first-order valence-corrected chi connectivity index (χ1v) is 9.45. The summed E-state index contributed by atoms with van der Waals surface area (Å²) in [6, 6.07) is 14.4. The molecule has 1 N–H and O–H groups in total. The molecule has 0 amide bonds. The molecule has 1 fully saturated rings. The lowest BCUT2D eigenvalue weighted by molar-refractivity contribution is 0.0631. The molecule has 25 heavy (non-hydrogen) atoms. The van der Waals surface area contributed by atoms with Crippen LogP contribution in [0.5, 0.6) is 0 Å². The maximum atomic E-state index is 10.7. The number of thioether (sulfide) groups is 1. The second-order valence-corrected chi connectivity index (χ2v) is 7.13. The summed E-state index contributed by atoms with van der Waals surface area (Å²) in [4.78, 5) is 0. The highest BCUT2D eigenvalue weighted by Crippen LogP contribution is 2.30. The normalized spacial score (nSPS) is 17.0. The lowest BCUT2D eigenvalue weighted by Gasteiger charge is -2.22. The Morgan fingerprint density at radius 3 is 2.84 bits per heavy atom. The van der Waals surface area contributed by atoms with Gasteiger partial charge in [-0.15, -0.1) is 5.10 Å². The SMILES string of the molecule is O[C@@H](CSc1nnnn1C1CCOCC1)c1cccc2ccccc12. The van der Waals surface area contributed by atoms with Gasteiger partial charge >= 0.3 is 0 Å². The first kappa shape index (κ1) is 16.5. The summed E-state index contributed by atoms with van der Waals surface area (Å²) in [5.41, 5.74) is 0.940. The van der Waals surface area contributed by atoms with Gasteiger partial charge in [-0.3, -0.25) is 0 Å². The summed E-state index contributed by atoms with van der Waals surface area (Å²) in [7, 11) is 0. The molecule has 4 rings (SSSR count). The maximum absolute atomic E-state index is 10.7. The van der Waals surface area contributed by atoms with Gasteiger partial charge in [0.15, 0.2) is 0 Å². The standard InChI is InChI=1S/C18H20N4O2S/c23-17(16-7-3-5-13-4-1-2-6-15(13)16)12-25-18-19-20-21-22(18)14-8-10-24-11-9-14/h1-7,14,17,23H,8-12H2/t17-/m0/s1. The molecule has 1 aliphatic rings. The van der Waals surface area contributed by atoms with Crippen LogP contribution >= 0.6 is 11.8 Å². The molecule has 2 aromatic carbocycles. The van der Waals surface area contributed by atoms with Crippen LogP contribution in [-0.4, -0.2) is 44.3 Å².